The second kappa shape index (κ2) is 5.81. The summed E-state index contributed by atoms with van der Waals surface area (Å²) in [5.74, 6) is 0. The number of rotatable bonds is 1. The molecule has 0 aliphatic carbocycles. The molecule has 116 valence electrons. The van der Waals surface area contributed by atoms with Crippen LogP contribution >= 0.6 is 0 Å². The van der Waals surface area contributed by atoms with Crippen LogP contribution in [0.3, 0.4) is 0 Å². The van der Waals surface area contributed by atoms with Crippen LogP contribution in [-0.4, -0.2) is 8.42 Å². The summed E-state index contributed by atoms with van der Waals surface area (Å²) in [5, 5.41) is 9.26. The zero-order chi connectivity index (χ0) is 17.3. The highest BCUT2D eigenvalue weighted by Crippen LogP contribution is 2.45. The number of allylic oxidation sites excluding steroid dienone is 2. The molecule has 0 saturated heterocycles. The third kappa shape index (κ3) is 2.42. The van der Waals surface area contributed by atoms with E-state index in [1.165, 1.54) is 12.1 Å². The molecule has 1 aliphatic heterocycles. The van der Waals surface area contributed by atoms with Crippen LogP contribution in [-0.2, 0) is 9.84 Å². The number of sulfone groups is 1. The van der Waals surface area contributed by atoms with E-state index in [0.717, 1.165) is 5.56 Å². The van der Waals surface area contributed by atoms with Gasteiger partial charge in [0.25, 0.3) is 5.70 Å². The van der Waals surface area contributed by atoms with Crippen molar-refractivity contribution in [2.75, 3.05) is 0 Å². The van der Waals surface area contributed by atoms with E-state index in [-0.39, 0.29) is 21.1 Å². The number of hydrogen-bond donors (Lipinski definition) is 0. The van der Waals surface area contributed by atoms with Crippen LogP contribution in [0.4, 0.5) is 0 Å². The molecule has 0 saturated carbocycles. The summed E-state index contributed by atoms with van der Waals surface area (Å²) < 4.78 is 25.8. The Bertz CT molecular complexity index is 1060. The van der Waals surface area contributed by atoms with Gasteiger partial charge >= 0.3 is 0 Å². The highest BCUT2D eigenvalue weighted by molar-refractivity contribution is 7.96. The average molecular weight is 332 g/mol. The molecule has 24 heavy (non-hydrogen) atoms. The van der Waals surface area contributed by atoms with Gasteiger partial charge in [0.05, 0.1) is 22.4 Å². The minimum atomic E-state index is -3.76. The minimum absolute atomic E-state index is 0.0000954. The first-order valence-corrected chi connectivity index (χ1v) is 8.62. The monoisotopic (exact) mass is 332 g/mol. The zero-order valence-corrected chi connectivity index (χ0v) is 13.6. The maximum Gasteiger partial charge on any atom is 0.270 e. The second-order valence-corrected chi connectivity index (χ2v) is 7.25. The summed E-state index contributed by atoms with van der Waals surface area (Å²) in [7, 11) is -3.76. The van der Waals surface area contributed by atoms with Crippen molar-refractivity contribution in [3.05, 3.63) is 87.2 Å². The van der Waals surface area contributed by atoms with E-state index in [0.29, 0.717) is 11.1 Å². The van der Waals surface area contributed by atoms with Crippen molar-refractivity contribution < 1.29 is 8.42 Å². The smallest absolute Gasteiger partial charge is 0.226 e. The third-order valence-electron chi connectivity index (χ3n) is 3.81. The van der Waals surface area contributed by atoms with E-state index >= 15 is 0 Å². The lowest BCUT2D eigenvalue weighted by atomic mass is 10.0. The average Bonchev–Trinajstić information content (AvgIpc) is 2.80. The van der Waals surface area contributed by atoms with Gasteiger partial charge in [-0.05, 0) is 30.2 Å². The SMILES string of the molecule is [C-]#[N+]/C(C#N)=C1/C(=Cc2ccc(C)cc2)S(=O)(=O)c2ccccc21. The summed E-state index contributed by atoms with van der Waals surface area (Å²) >= 11 is 0. The molecule has 2 aromatic carbocycles. The molecule has 5 heteroatoms. The molecule has 0 atom stereocenters. The zero-order valence-electron chi connectivity index (χ0n) is 12.8. The third-order valence-corrected chi connectivity index (χ3v) is 5.65. The lowest BCUT2D eigenvalue weighted by Gasteiger charge is -2.03. The predicted octanol–water partition coefficient (Wildman–Crippen LogP) is 3.98. The Morgan fingerprint density at radius 3 is 2.46 bits per heavy atom. The molecular formula is C19H12N2O2S. The lowest BCUT2D eigenvalue weighted by Crippen LogP contribution is -1.98. The molecule has 3 rings (SSSR count). The second-order valence-electron chi connectivity index (χ2n) is 5.37. The van der Waals surface area contributed by atoms with Gasteiger partial charge < -0.3 is 0 Å². The minimum Gasteiger partial charge on any atom is -0.226 e. The van der Waals surface area contributed by atoms with Gasteiger partial charge in [0.1, 0.15) is 0 Å². The molecule has 0 bridgehead atoms. The number of nitrogens with zero attached hydrogens (tertiary/aromatic N) is 2. The molecule has 2 aromatic rings. The molecule has 4 nitrogen and oxygen atoms in total. The fourth-order valence-corrected chi connectivity index (χ4v) is 4.36. The summed E-state index contributed by atoms with van der Waals surface area (Å²) in [6.07, 6.45) is 1.52. The molecule has 0 radical (unpaired) electrons. The van der Waals surface area contributed by atoms with Gasteiger partial charge in [0.2, 0.25) is 9.84 Å². The van der Waals surface area contributed by atoms with E-state index in [9.17, 15) is 13.7 Å². The van der Waals surface area contributed by atoms with Gasteiger partial charge in [-0.25, -0.2) is 18.5 Å². The van der Waals surface area contributed by atoms with Crippen LogP contribution in [0.5, 0.6) is 0 Å². The summed E-state index contributed by atoms with van der Waals surface area (Å²) in [5.41, 5.74) is 2.13. The Morgan fingerprint density at radius 2 is 1.83 bits per heavy atom. The van der Waals surface area contributed by atoms with Gasteiger partial charge in [0.15, 0.2) is 0 Å². The number of hydrogen-bond acceptors (Lipinski definition) is 3. The van der Waals surface area contributed by atoms with Gasteiger partial charge in [-0.3, -0.25) is 0 Å². The summed E-state index contributed by atoms with van der Waals surface area (Å²) in [4.78, 5) is 3.36. The van der Waals surface area contributed by atoms with E-state index in [1.807, 2.05) is 37.3 Å². The van der Waals surface area contributed by atoms with Gasteiger partial charge in [-0.15, -0.1) is 0 Å². The number of benzene rings is 2. The van der Waals surface area contributed by atoms with Crippen LogP contribution in [0.1, 0.15) is 16.7 Å². The Morgan fingerprint density at radius 1 is 1.17 bits per heavy atom. The number of fused-ring (bicyclic) bond motifs is 1. The van der Waals surface area contributed by atoms with E-state index in [1.54, 1.807) is 18.2 Å². The Hall–Kier alpha value is -3.15. The fourth-order valence-electron chi connectivity index (χ4n) is 2.64. The molecule has 0 amide bonds. The van der Waals surface area contributed by atoms with Gasteiger partial charge in [0, 0.05) is 5.57 Å². The first-order valence-electron chi connectivity index (χ1n) is 7.14. The highest BCUT2D eigenvalue weighted by Gasteiger charge is 2.37. The standard InChI is InChI=1S/C19H12N2O2S/c1-13-7-9-14(10-8-13)11-18-19(16(12-20)21-2)15-5-3-4-6-17(15)24(18,22)23/h3-11H,1H3/b18-11?,19-16+. The quantitative estimate of drug-likeness (QED) is 0.586. The maximum atomic E-state index is 12.9. The largest absolute Gasteiger partial charge is 0.270 e. The Balaban J connectivity index is 2.36. The van der Waals surface area contributed by atoms with Crippen LogP contribution in [0.25, 0.3) is 16.5 Å². The van der Waals surface area contributed by atoms with E-state index in [4.69, 9.17) is 6.57 Å². The Labute approximate surface area is 140 Å². The first kappa shape index (κ1) is 15.7. The molecule has 0 aromatic heterocycles. The highest BCUT2D eigenvalue weighted by atomic mass is 32.2. The topological polar surface area (TPSA) is 62.3 Å². The van der Waals surface area contributed by atoms with Crippen molar-refractivity contribution >= 4 is 21.5 Å². The predicted molar refractivity (Wildman–Crippen MR) is 91.9 cm³/mol. The molecule has 0 unspecified atom stereocenters. The molecule has 0 spiro atoms. The molecule has 1 aliphatic rings. The van der Waals surface area contributed by atoms with Crippen molar-refractivity contribution in [1.82, 2.24) is 0 Å². The molecule has 1 heterocycles. The van der Waals surface area contributed by atoms with Crippen LogP contribution in [0.2, 0.25) is 0 Å². The molecule has 0 N–H and O–H groups in total. The number of aryl methyl sites for hydroxylation is 1. The molecule has 0 fully saturated rings. The summed E-state index contributed by atoms with van der Waals surface area (Å²) in [6, 6.07) is 15.6. The van der Waals surface area contributed by atoms with Gasteiger partial charge in [-0.1, -0.05) is 48.0 Å². The van der Waals surface area contributed by atoms with Crippen molar-refractivity contribution in [1.29, 1.82) is 5.26 Å². The maximum absolute atomic E-state index is 12.9. The van der Waals surface area contributed by atoms with Crippen molar-refractivity contribution in [2.24, 2.45) is 0 Å². The van der Waals surface area contributed by atoms with Crippen LogP contribution in [0, 0.1) is 24.8 Å². The Kier molecular flexibility index (Phi) is 3.81. The lowest BCUT2D eigenvalue weighted by molar-refractivity contribution is 0.604. The first-order chi connectivity index (χ1) is 11.5. The van der Waals surface area contributed by atoms with E-state index < -0.39 is 9.84 Å². The summed E-state index contributed by atoms with van der Waals surface area (Å²) in [6.45, 7) is 9.16. The van der Waals surface area contributed by atoms with Crippen molar-refractivity contribution in [3.63, 3.8) is 0 Å². The van der Waals surface area contributed by atoms with E-state index in [2.05, 4.69) is 4.85 Å². The fraction of sp³-hybridized carbons (Fsp3) is 0.0526. The van der Waals surface area contributed by atoms with Gasteiger partial charge in [-0.2, -0.15) is 0 Å². The van der Waals surface area contributed by atoms with Crippen LogP contribution in [0.15, 0.2) is 64.0 Å². The molecular weight excluding hydrogens is 320 g/mol. The van der Waals surface area contributed by atoms with Crippen molar-refractivity contribution in [2.45, 2.75) is 11.8 Å². The number of nitriles is 1. The van der Waals surface area contributed by atoms with Crippen molar-refractivity contribution in [3.8, 4) is 6.07 Å². The van der Waals surface area contributed by atoms with Crippen LogP contribution < -0.4 is 0 Å². The normalized spacial score (nSPS) is 18.5.